The van der Waals surface area contributed by atoms with E-state index in [4.69, 9.17) is 0 Å². The number of aliphatic imine (C=N–C) groups is 1. The van der Waals surface area contributed by atoms with Crippen LogP contribution in [0.4, 0.5) is 0 Å². The van der Waals surface area contributed by atoms with E-state index < -0.39 is 0 Å². The molecule has 0 aliphatic carbocycles. The highest BCUT2D eigenvalue weighted by atomic mass is 127. The largest absolute Gasteiger partial charge is 0.357 e. The van der Waals surface area contributed by atoms with Crippen molar-refractivity contribution < 1.29 is 4.79 Å². The Balaban J connectivity index is 0. The summed E-state index contributed by atoms with van der Waals surface area (Å²) in [5.74, 6) is 0.688. The molecule has 0 radical (unpaired) electrons. The molecule has 0 saturated carbocycles. The SMILES string of the molecule is CCCNC(=O)CN=C(NCC)NC(C)CCCN(CC)CC.I. The minimum absolute atomic E-state index is 0. The molecule has 0 heterocycles. The molecular formula is C17H38IN5O. The van der Waals surface area contributed by atoms with Crippen molar-refractivity contribution in [2.45, 2.75) is 59.9 Å². The fourth-order valence-electron chi connectivity index (χ4n) is 2.26. The second-order valence-electron chi connectivity index (χ2n) is 5.76. The Labute approximate surface area is 165 Å². The Kier molecular flexibility index (Phi) is 18.5. The quantitative estimate of drug-likeness (QED) is 0.240. The van der Waals surface area contributed by atoms with Crippen LogP contribution in [0.15, 0.2) is 4.99 Å². The van der Waals surface area contributed by atoms with Crippen LogP contribution in [0.3, 0.4) is 0 Å². The van der Waals surface area contributed by atoms with Gasteiger partial charge in [0.25, 0.3) is 0 Å². The van der Waals surface area contributed by atoms with Crippen molar-refractivity contribution in [1.82, 2.24) is 20.9 Å². The summed E-state index contributed by atoms with van der Waals surface area (Å²) in [6, 6.07) is 0.335. The monoisotopic (exact) mass is 455 g/mol. The van der Waals surface area contributed by atoms with E-state index in [1.807, 2.05) is 13.8 Å². The predicted molar refractivity (Wildman–Crippen MR) is 114 cm³/mol. The summed E-state index contributed by atoms with van der Waals surface area (Å²) in [5, 5.41) is 9.41. The van der Waals surface area contributed by atoms with Gasteiger partial charge in [-0.3, -0.25) is 4.79 Å². The van der Waals surface area contributed by atoms with Gasteiger partial charge < -0.3 is 20.9 Å². The lowest BCUT2D eigenvalue weighted by Gasteiger charge is -2.21. The van der Waals surface area contributed by atoms with Gasteiger partial charge >= 0.3 is 0 Å². The van der Waals surface area contributed by atoms with Crippen LogP contribution in [0.5, 0.6) is 0 Å². The van der Waals surface area contributed by atoms with Crippen LogP contribution in [-0.2, 0) is 4.79 Å². The topological polar surface area (TPSA) is 68.8 Å². The standard InChI is InChI=1S/C17H37N5O.HI/c1-6-12-19-16(23)14-20-17(18-7-2)21-15(5)11-10-13-22(8-3)9-4;/h15H,6-14H2,1-5H3,(H,19,23)(H2,18,20,21);1H. The molecule has 0 aromatic heterocycles. The highest BCUT2D eigenvalue weighted by Gasteiger charge is 2.07. The van der Waals surface area contributed by atoms with Gasteiger partial charge in [0.1, 0.15) is 6.54 Å². The Hall–Kier alpha value is -0.570. The Morgan fingerprint density at radius 3 is 2.33 bits per heavy atom. The molecular weight excluding hydrogens is 417 g/mol. The fraction of sp³-hybridized carbons (Fsp3) is 0.882. The van der Waals surface area contributed by atoms with Crippen molar-refractivity contribution in [3.63, 3.8) is 0 Å². The predicted octanol–water partition coefficient (Wildman–Crippen LogP) is 2.20. The first kappa shape index (κ1) is 25.7. The second kappa shape index (κ2) is 17.3. The van der Waals surface area contributed by atoms with E-state index in [2.05, 4.69) is 46.6 Å². The van der Waals surface area contributed by atoms with E-state index in [0.717, 1.165) is 51.4 Å². The van der Waals surface area contributed by atoms with Gasteiger partial charge in [-0.25, -0.2) is 4.99 Å². The van der Waals surface area contributed by atoms with Crippen molar-refractivity contribution in [2.75, 3.05) is 39.3 Å². The summed E-state index contributed by atoms with van der Waals surface area (Å²) < 4.78 is 0. The van der Waals surface area contributed by atoms with Gasteiger partial charge in [0.15, 0.2) is 5.96 Å². The van der Waals surface area contributed by atoms with Crippen LogP contribution in [-0.4, -0.2) is 62.1 Å². The third-order valence-electron chi connectivity index (χ3n) is 3.69. The molecule has 1 amide bonds. The number of halogens is 1. The molecule has 0 saturated heterocycles. The zero-order valence-corrected chi connectivity index (χ0v) is 18.5. The van der Waals surface area contributed by atoms with E-state index in [1.165, 1.54) is 0 Å². The second-order valence-corrected chi connectivity index (χ2v) is 5.76. The summed E-state index contributed by atoms with van der Waals surface area (Å²) in [6.45, 7) is 15.6. The zero-order chi connectivity index (χ0) is 17.5. The molecule has 1 unspecified atom stereocenters. The molecule has 3 N–H and O–H groups in total. The van der Waals surface area contributed by atoms with Crippen LogP contribution in [0.1, 0.15) is 53.9 Å². The van der Waals surface area contributed by atoms with Crippen LogP contribution < -0.4 is 16.0 Å². The van der Waals surface area contributed by atoms with Gasteiger partial charge in [-0.05, 0) is 52.7 Å². The van der Waals surface area contributed by atoms with Crippen molar-refractivity contribution in [2.24, 2.45) is 4.99 Å². The summed E-state index contributed by atoms with van der Waals surface area (Å²) in [5.41, 5.74) is 0. The maximum Gasteiger partial charge on any atom is 0.241 e. The molecule has 0 rings (SSSR count). The summed E-state index contributed by atoms with van der Waals surface area (Å²) in [4.78, 5) is 18.4. The van der Waals surface area contributed by atoms with Gasteiger partial charge in [-0.2, -0.15) is 0 Å². The van der Waals surface area contributed by atoms with Crippen molar-refractivity contribution in [3.8, 4) is 0 Å². The molecule has 24 heavy (non-hydrogen) atoms. The molecule has 0 aromatic rings. The first-order valence-electron chi connectivity index (χ1n) is 9.11. The van der Waals surface area contributed by atoms with Crippen LogP contribution in [0.25, 0.3) is 0 Å². The number of rotatable bonds is 12. The number of amides is 1. The molecule has 6 nitrogen and oxygen atoms in total. The number of carbonyl (C=O) groups excluding carboxylic acids is 1. The number of carbonyl (C=O) groups is 1. The van der Waals surface area contributed by atoms with Crippen LogP contribution in [0.2, 0.25) is 0 Å². The minimum atomic E-state index is -0.0294. The summed E-state index contributed by atoms with van der Waals surface area (Å²) in [7, 11) is 0. The van der Waals surface area contributed by atoms with Gasteiger partial charge in [-0.1, -0.05) is 20.8 Å². The lowest BCUT2D eigenvalue weighted by Crippen LogP contribution is -2.43. The van der Waals surface area contributed by atoms with E-state index in [1.54, 1.807) is 0 Å². The molecule has 0 spiro atoms. The normalized spacial score (nSPS) is 12.5. The van der Waals surface area contributed by atoms with E-state index in [0.29, 0.717) is 12.6 Å². The van der Waals surface area contributed by atoms with Crippen LogP contribution in [0, 0.1) is 0 Å². The van der Waals surface area contributed by atoms with E-state index in [9.17, 15) is 4.79 Å². The number of nitrogens with zero attached hydrogens (tertiary/aromatic N) is 2. The van der Waals surface area contributed by atoms with Gasteiger partial charge in [-0.15, -0.1) is 24.0 Å². The van der Waals surface area contributed by atoms with Crippen molar-refractivity contribution in [3.05, 3.63) is 0 Å². The average molecular weight is 455 g/mol. The Morgan fingerprint density at radius 1 is 1.12 bits per heavy atom. The molecule has 0 bridgehead atoms. The Bertz CT molecular complexity index is 335. The highest BCUT2D eigenvalue weighted by Crippen LogP contribution is 1.99. The molecule has 0 aliphatic rings. The van der Waals surface area contributed by atoms with Crippen molar-refractivity contribution >= 4 is 35.8 Å². The van der Waals surface area contributed by atoms with E-state index >= 15 is 0 Å². The molecule has 1 atom stereocenters. The first-order chi connectivity index (χ1) is 11.1. The highest BCUT2D eigenvalue weighted by molar-refractivity contribution is 14.0. The number of guanidine groups is 1. The van der Waals surface area contributed by atoms with E-state index in [-0.39, 0.29) is 36.4 Å². The third kappa shape index (κ3) is 13.8. The molecule has 0 fully saturated rings. The summed E-state index contributed by atoms with van der Waals surface area (Å²) >= 11 is 0. The van der Waals surface area contributed by atoms with Crippen LogP contribution >= 0.6 is 24.0 Å². The molecule has 0 aliphatic heterocycles. The van der Waals surface area contributed by atoms with Gasteiger partial charge in [0.2, 0.25) is 5.91 Å². The zero-order valence-electron chi connectivity index (χ0n) is 16.2. The first-order valence-corrected chi connectivity index (χ1v) is 9.11. The number of nitrogens with one attached hydrogen (secondary N) is 3. The smallest absolute Gasteiger partial charge is 0.241 e. The molecule has 7 heteroatoms. The maximum absolute atomic E-state index is 11.6. The number of hydrogen-bond donors (Lipinski definition) is 3. The lowest BCUT2D eigenvalue weighted by atomic mass is 10.2. The van der Waals surface area contributed by atoms with Gasteiger partial charge in [0.05, 0.1) is 0 Å². The Morgan fingerprint density at radius 2 is 1.79 bits per heavy atom. The van der Waals surface area contributed by atoms with Gasteiger partial charge in [0, 0.05) is 19.1 Å². The number of hydrogen-bond acceptors (Lipinski definition) is 3. The molecule has 144 valence electrons. The van der Waals surface area contributed by atoms with Crippen molar-refractivity contribution in [1.29, 1.82) is 0 Å². The summed E-state index contributed by atoms with van der Waals surface area (Å²) in [6.07, 6.45) is 3.19. The maximum atomic E-state index is 11.6. The lowest BCUT2D eigenvalue weighted by molar-refractivity contribution is -0.119. The third-order valence-corrected chi connectivity index (χ3v) is 3.69. The average Bonchev–Trinajstić information content (AvgIpc) is 2.54. The molecule has 0 aromatic carbocycles. The minimum Gasteiger partial charge on any atom is -0.357 e. The fourth-order valence-corrected chi connectivity index (χ4v) is 2.26.